The highest BCUT2D eigenvalue weighted by Crippen LogP contribution is 2.27. The number of amides is 1. The Bertz CT molecular complexity index is 1110. The zero-order valence-corrected chi connectivity index (χ0v) is 18.3. The zero-order valence-electron chi connectivity index (χ0n) is 16.7. The quantitative estimate of drug-likeness (QED) is 0.651. The van der Waals surface area contributed by atoms with Crippen LogP contribution in [0.3, 0.4) is 0 Å². The second-order valence-electron chi connectivity index (χ2n) is 7.20. The number of hydrogen-bond donors (Lipinski definition) is 2. The van der Waals surface area contributed by atoms with Crippen molar-refractivity contribution in [3.05, 3.63) is 54.1 Å². The first-order chi connectivity index (χ1) is 14.1. The maximum absolute atomic E-state index is 13.2. The number of anilines is 1. The number of benzene rings is 2. The van der Waals surface area contributed by atoms with E-state index in [0.717, 1.165) is 5.56 Å². The average Bonchev–Trinajstić information content (AvgIpc) is 3.02. The summed E-state index contributed by atoms with van der Waals surface area (Å²) in [6.45, 7) is 1.69. The number of methoxy groups -OCH3 is 1. The second-order valence-corrected chi connectivity index (χ2v) is 11.5. The minimum Gasteiger partial charge on any atom is -0.497 e. The largest absolute Gasteiger partial charge is 0.497 e. The highest BCUT2D eigenvalue weighted by molar-refractivity contribution is 7.96. The lowest BCUT2D eigenvalue weighted by Gasteiger charge is -2.20. The molecule has 0 saturated carbocycles. The molecule has 2 aromatic rings. The lowest BCUT2D eigenvalue weighted by molar-refractivity contribution is -0.114. The maximum Gasteiger partial charge on any atom is 0.221 e. The van der Waals surface area contributed by atoms with Crippen LogP contribution in [0, 0.1) is 0 Å². The summed E-state index contributed by atoms with van der Waals surface area (Å²) >= 11 is 0. The molecule has 1 saturated heterocycles. The number of rotatable bonds is 7. The highest BCUT2D eigenvalue weighted by atomic mass is 32.2. The minimum absolute atomic E-state index is 0.0231. The second kappa shape index (κ2) is 8.75. The molecule has 0 bridgehead atoms. The van der Waals surface area contributed by atoms with Gasteiger partial charge >= 0.3 is 0 Å². The molecular weight excluding hydrogens is 428 g/mol. The standard InChI is InChI=1S/C20H24N2O6S2/c1-14(23)22-16-5-9-18(10-6-16)30(26,27)20-13-29(24,25)12-19(20)21-11-15-3-7-17(28-2)8-4-15/h3-10,19-21H,11-13H2,1-2H3,(H,22,23). The van der Waals surface area contributed by atoms with Crippen molar-refractivity contribution in [3.63, 3.8) is 0 Å². The number of hydrogen-bond acceptors (Lipinski definition) is 7. The number of ether oxygens (including phenoxy) is 1. The summed E-state index contributed by atoms with van der Waals surface area (Å²) < 4.78 is 55.9. The van der Waals surface area contributed by atoms with Crippen molar-refractivity contribution in [3.8, 4) is 5.75 Å². The summed E-state index contributed by atoms with van der Waals surface area (Å²) in [4.78, 5) is 11.2. The molecule has 0 spiro atoms. The van der Waals surface area contributed by atoms with E-state index in [9.17, 15) is 21.6 Å². The molecule has 2 aromatic carbocycles. The Labute approximate surface area is 176 Å². The Morgan fingerprint density at radius 3 is 2.27 bits per heavy atom. The molecular formula is C20H24N2O6S2. The van der Waals surface area contributed by atoms with Gasteiger partial charge in [-0.15, -0.1) is 0 Å². The van der Waals surface area contributed by atoms with Crippen LogP contribution in [0.2, 0.25) is 0 Å². The fourth-order valence-corrected chi connectivity index (χ4v) is 8.13. The third-order valence-electron chi connectivity index (χ3n) is 4.93. The van der Waals surface area contributed by atoms with Crippen LogP contribution in [-0.4, -0.2) is 52.7 Å². The SMILES string of the molecule is COc1ccc(CNC2CS(=O)(=O)CC2S(=O)(=O)c2ccc(NC(C)=O)cc2)cc1. The topological polar surface area (TPSA) is 119 Å². The molecule has 0 aliphatic carbocycles. The smallest absolute Gasteiger partial charge is 0.221 e. The minimum atomic E-state index is -3.89. The number of sulfone groups is 2. The predicted octanol–water partition coefficient (Wildman–Crippen LogP) is 1.38. The van der Waals surface area contributed by atoms with Crippen LogP contribution in [0.4, 0.5) is 5.69 Å². The Kier molecular flexibility index (Phi) is 6.49. The molecule has 2 atom stereocenters. The monoisotopic (exact) mass is 452 g/mol. The van der Waals surface area contributed by atoms with E-state index in [2.05, 4.69) is 10.6 Å². The van der Waals surface area contributed by atoms with E-state index in [1.54, 1.807) is 19.2 Å². The van der Waals surface area contributed by atoms with Gasteiger partial charge in [0.05, 0.1) is 28.8 Å². The Hall–Kier alpha value is -2.43. The van der Waals surface area contributed by atoms with Gasteiger partial charge in [-0.2, -0.15) is 0 Å². The molecule has 30 heavy (non-hydrogen) atoms. The van der Waals surface area contributed by atoms with Gasteiger partial charge in [-0.05, 0) is 42.0 Å². The molecule has 1 amide bonds. The Morgan fingerprint density at radius 1 is 1.07 bits per heavy atom. The van der Waals surface area contributed by atoms with Crippen LogP contribution in [0.5, 0.6) is 5.75 Å². The summed E-state index contributed by atoms with van der Waals surface area (Å²) in [5, 5.41) is 4.58. The number of carbonyl (C=O) groups excluding carboxylic acids is 1. The molecule has 3 rings (SSSR count). The van der Waals surface area contributed by atoms with Gasteiger partial charge in [0.1, 0.15) is 5.75 Å². The molecule has 0 radical (unpaired) electrons. The fraction of sp³-hybridized carbons (Fsp3) is 0.350. The summed E-state index contributed by atoms with van der Waals surface area (Å²) in [5.41, 5.74) is 1.35. The summed E-state index contributed by atoms with van der Waals surface area (Å²) in [6, 6.07) is 12.2. The fourth-order valence-electron chi connectivity index (χ4n) is 3.41. The van der Waals surface area contributed by atoms with Crippen molar-refractivity contribution in [2.45, 2.75) is 29.7 Å². The van der Waals surface area contributed by atoms with Crippen molar-refractivity contribution >= 4 is 31.3 Å². The molecule has 1 fully saturated rings. The van der Waals surface area contributed by atoms with Crippen LogP contribution in [0.1, 0.15) is 12.5 Å². The van der Waals surface area contributed by atoms with E-state index in [-0.39, 0.29) is 16.6 Å². The maximum atomic E-state index is 13.2. The molecule has 2 N–H and O–H groups in total. The van der Waals surface area contributed by atoms with E-state index in [4.69, 9.17) is 4.74 Å². The van der Waals surface area contributed by atoms with Crippen molar-refractivity contribution in [2.24, 2.45) is 0 Å². The average molecular weight is 453 g/mol. The highest BCUT2D eigenvalue weighted by Gasteiger charge is 2.45. The van der Waals surface area contributed by atoms with E-state index in [1.165, 1.54) is 31.2 Å². The van der Waals surface area contributed by atoms with Gasteiger partial charge in [0.15, 0.2) is 19.7 Å². The van der Waals surface area contributed by atoms with E-state index in [0.29, 0.717) is 18.0 Å². The Morgan fingerprint density at radius 2 is 1.70 bits per heavy atom. The van der Waals surface area contributed by atoms with E-state index >= 15 is 0 Å². The van der Waals surface area contributed by atoms with Crippen LogP contribution < -0.4 is 15.4 Å². The van der Waals surface area contributed by atoms with E-state index < -0.39 is 36.7 Å². The summed E-state index contributed by atoms with van der Waals surface area (Å²) in [7, 11) is -5.82. The molecule has 1 heterocycles. The predicted molar refractivity (Wildman–Crippen MR) is 114 cm³/mol. The molecule has 0 aromatic heterocycles. The first-order valence-corrected chi connectivity index (χ1v) is 12.7. The zero-order chi connectivity index (χ0) is 21.9. The Balaban J connectivity index is 1.79. The summed E-state index contributed by atoms with van der Waals surface area (Å²) in [5.74, 6) is -0.235. The molecule has 1 aliphatic rings. The van der Waals surface area contributed by atoms with Gasteiger partial charge in [-0.25, -0.2) is 16.8 Å². The van der Waals surface area contributed by atoms with Crippen LogP contribution in [-0.2, 0) is 31.0 Å². The molecule has 1 aliphatic heterocycles. The molecule has 10 heteroatoms. The van der Waals surface area contributed by atoms with Crippen LogP contribution in [0.15, 0.2) is 53.4 Å². The first-order valence-electron chi connectivity index (χ1n) is 9.29. The van der Waals surface area contributed by atoms with Gasteiger partial charge in [-0.3, -0.25) is 4.79 Å². The van der Waals surface area contributed by atoms with Gasteiger partial charge in [0.2, 0.25) is 5.91 Å². The lowest BCUT2D eigenvalue weighted by Crippen LogP contribution is -2.43. The lowest BCUT2D eigenvalue weighted by atomic mass is 10.2. The normalized spacial score (nSPS) is 20.6. The number of carbonyl (C=O) groups is 1. The molecule has 8 nitrogen and oxygen atoms in total. The van der Waals surface area contributed by atoms with Crippen LogP contribution >= 0.6 is 0 Å². The first kappa shape index (κ1) is 22.3. The third kappa shape index (κ3) is 5.18. The van der Waals surface area contributed by atoms with Gasteiger partial charge in [-0.1, -0.05) is 12.1 Å². The van der Waals surface area contributed by atoms with Gasteiger partial charge in [0.25, 0.3) is 0 Å². The van der Waals surface area contributed by atoms with Crippen molar-refractivity contribution in [1.82, 2.24) is 5.32 Å². The van der Waals surface area contributed by atoms with Gasteiger partial charge in [0, 0.05) is 25.2 Å². The number of nitrogens with one attached hydrogen (secondary N) is 2. The summed E-state index contributed by atoms with van der Waals surface area (Å²) in [6.07, 6.45) is 0. The third-order valence-corrected chi connectivity index (χ3v) is 9.10. The van der Waals surface area contributed by atoms with Crippen molar-refractivity contribution in [2.75, 3.05) is 23.9 Å². The van der Waals surface area contributed by atoms with E-state index in [1.807, 2.05) is 12.1 Å². The molecule has 162 valence electrons. The van der Waals surface area contributed by atoms with Crippen molar-refractivity contribution < 1.29 is 26.4 Å². The van der Waals surface area contributed by atoms with Crippen molar-refractivity contribution in [1.29, 1.82) is 0 Å². The van der Waals surface area contributed by atoms with Crippen LogP contribution in [0.25, 0.3) is 0 Å². The van der Waals surface area contributed by atoms with Gasteiger partial charge < -0.3 is 15.4 Å². The molecule has 2 unspecified atom stereocenters.